The van der Waals surface area contributed by atoms with E-state index >= 15 is 0 Å². The number of hydrogen-bond acceptors (Lipinski definition) is 7. The van der Waals surface area contributed by atoms with Gasteiger partial charge in [-0.3, -0.25) is 4.79 Å². The molecule has 35 heavy (non-hydrogen) atoms. The lowest BCUT2D eigenvalue weighted by Gasteiger charge is -2.17. The van der Waals surface area contributed by atoms with Crippen molar-refractivity contribution < 1.29 is 33.3 Å². The number of nitrogens with one attached hydrogen (secondary N) is 1. The molecule has 2 saturated carbocycles. The van der Waals surface area contributed by atoms with Gasteiger partial charge in [-0.25, -0.2) is 9.59 Å². The molecular formula is C27H33NO7. The van der Waals surface area contributed by atoms with Gasteiger partial charge in [0.1, 0.15) is 12.7 Å². The number of carbonyl (C=O) groups is 3. The molecule has 2 heterocycles. The Kier molecular flexibility index (Phi) is 7.20. The van der Waals surface area contributed by atoms with Crippen LogP contribution in [0.1, 0.15) is 70.4 Å². The lowest BCUT2D eigenvalue weighted by Crippen LogP contribution is -2.28. The van der Waals surface area contributed by atoms with Crippen LogP contribution in [-0.4, -0.2) is 63.0 Å². The fourth-order valence-electron chi connectivity index (χ4n) is 3.93. The molecule has 1 aromatic rings. The SMILES string of the molecule is C=C(CCC1CO1)c1cc(CC(=O)NCC2CC2)c(C(=O)OCC2CC2)cc1C(=O)OCC1CO1. The van der Waals surface area contributed by atoms with E-state index in [0.29, 0.717) is 49.1 Å². The molecule has 2 unspecified atom stereocenters. The number of benzene rings is 1. The molecule has 2 aliphatic carbocycles. The first kappa shape index (κ1) is 24.0. The van der Waals surface area contributed by atoms with Crippen LogP contribution >= 0.6 is 0 Å². The van der Waals surface area contributed by atoms with E-state index in [0.717, 1.165) is 44.3 Å². The van der Waals surface area contributed by atoms with Crippen LogP contribution in [0.3, 0.4) is 0 Å². The third-order valence-corrected chi connectivity index (χ3v) is 6.82. The highest BCUT2D eigenvalue weighted by Gasteiger charge is 2.30. The van der Waals surface area contributed by atoms with Crippen LogP contribution in [0.4, 0.5) is 0 Å². The molecule has 1 N–H and O–H groups in total. The van der Waals surface area contributed by atoms with Crippen molar-refractivity contribution in [3.8, 4) is 0 Å². The molecule has 4 fully saturated rings. The summed E-state index contributed by atoms with van der Waals surface area (Å²) < 4.78 is 21.4. The van der Waals surface area contributed by atoms with Crippen LogP contribution < -0.4 is 5.32 Å². The third-order valence-electron chi connectivity index (χ3n) is 6.82. The second-order valence-corrected chi connectivity index (χ2v) is 10.2. The molecule has 2 aliphatic heterocycles. The maximum Gasteiger partial charge on any atom is 0.338 e. The number of allylic oxidation sites excluding steroid dienone is 1. The fourth-order valence-corrected chi connectivity index (χ4v) is 3.93. The smallest absolute Gasteiger partial charge is 0.338 e. The zero-order valence-corrected chi connectivity index (χ0v) is 20.0. The summed E-state index contributed by atoms with van der Waals surface area (Å²) in [7, 11) is 0. The molecular weight excluding hydrogens is 450 g/mol. The molecule has 0 aromatic heterocycles. The van der Waals surface area contributed by atoms with E-state index in [1.54, 1.807) is 6.07 Å². The molecule has 1 aromatic carbocycles. The Balaban J connectivity index is 1.40. The minimum Gasteiger partial charge on any atom is -0.462 e. The van der Waals surface area contributed by atoms with E-state index < -0.39 is 11.9 Å². The molecule has 8 nitrogen and oxygen atoms in total. The van der Waals surface area contributed by atoms with Crippen molar-refractivity contribution in [1.82, 2.24) is 5.32 Å². The molecule has 2 saturated heterocycles. The van der Waals surface area contributed by atoms with E-state index in [-0.39, 0.29) is 42.3 Å². The first-order valence-corrected chi connectivity index (χ1v) is 12.7. The zero-order chi connectivity index (χ0) is 24.4. The van der Waals surface area contributed by atoms with E-state index in [9.17, 15) is 14.4 Å². The number of hydrogen-bond donors (Lipinski definition) is 1. The normalized spacial score (nSPS) is 22.3. The molecule has 1 amide bonds. The summed E-state index contributed by atoms with van der Waals surface area (Å²) in [6.45, 7) is 6.67. The number of carbonyl (C=O) groups excluding carboxylic acids is 3. The number of rotatable bonds is 14. The summed E-state index contributed by atoms with van der Waals surface area (Å²) in [5.41, 5.74) is 2.35. The van der Waals surface area contributed by atoms with Crippen LogP contribution in [0.5, 0.6) is 0 Å². The van der Waals surface area contributed by atoms with Crippen molar-refractivity contribution in [3.05, 3.63) is 41.0 Å². The average Bonchev–Trinajstić information content (AvgIpc) is 3.69. The first-order valence-electron chi connectivity index (χ1n) is 12.7. The maximum absolute atomic E-state index is 13.0. The molecule has 0 radical (unpaired) electrons. The Morgan fingerprint density at radius 3 is 2.20 bits per heavy atom. The van der Waals surface area contributed by atoms with Gasteiger partial charge in [0.25, 0.3) is 0 Å². The molecule has 2 atom stereocenters. The average molecular weight is 484 g/mol. The fraction of sp³-hybridized carbons (Fsp3) is 0.593. The second-order valence-electron chi connectivity index (χ2n) is 10.2. The van der Waals surface area contributed by atoms with E-state index in [2.05, 4.69) is 11.9 Å². The minimum atomic E-state index is -0.541. The standard InChI is InChI=1S/C27H33NO7/c1-16(2-7-20-13-32-20)22-8-19(9-25(29)28-11-17-3-4-17)23(26(30)34-12-18-5-6-18)10-24(22)27(31)35-15-21-14-33-21/h8,10,17-18,20-21H,1-7,9,11-15H2,(H,28,29). The maximum atomic E-state index is 13.0. The van der Waals surface area contributed by atoms with Gasteiger partial charge in [-0.05, 0) is 79.2 Å². The van der Waals surface area contributed by atoms with Crippen LogP contribution in [0.25, 0.3) is 5.57 Å². The van der Waals surface area contributed by atoms with Crippen molar-refractivity contribution in [1.29, 1.82) is 0 Å². The lowest BCUT2D eigenvalue weighted by molar-refractivity contribution is -0.120. The Morgan fingerprint density at radius 1 is 0.886 bits per heavy atom. The van der Waals surface area contributed by atoms with Crippen LogP contribution in [-0.2, 0) is 30.2 Å². The predicted octanol–water partition coefficient (Wildman–Crippen LogP) is 3.07. The summed E-state index contributed by atoms with van der Waals surface area (Å²) in [5, 5.41) is 2.96. The van der Waals surface area contributed by atoms with Gasteiger partial charge in [-0.1, -0.05) is 6.58 Å². The monoisotopic (exact) mass is 483 g/mol. The highest BCUT2D eigenvalue weighted by Crippen LogP contribution is 2.32. The van der Waals surface area contributed by atoms with Gasteiger partial charge in [-0.15, -0.1) is 0 Å². The molecule has 0 bridgehead atoms. The van der Waals surface area contributed by atoms with Crippen LogP contribution in [0.2, 0.25) is 0 Å². The van der Waals surface area contributed by atoms with Gasteiger partial charge in [-0.2, -0.15) is 0 Å². The minimum absolute atomic E-state index is 0.0256. The van der Waals surface area contributed by atoms with Gasteiger partial charge in [0, 0.05) is 6.54 Å². The van der Waals surface area contributed by atoms with Crippen LogP contribution in [0.15, 0.2) is 18.7 Å². The summed E-state index contributed by atoms with van der Waals surface area (Å²) in [5.74, 6) is -0.270. The highest BCUT2D eigenvalue weighted by molar-refractivity contribution is 6.01. The molecule has 0 spiro atoms. The Hall–Kier alpha value is -2.71. The number of epoxide rings is 2. The molecule has 188 valence electrons. The summed E-state index contributed by atoms with van der Waals surface area (Å²) in [6, 6.07) is 3.26. The van der Waals surface area contributed by atoms with Crippen LogP contribution in [0, 0.1) is 11.8 Å². The predicted molar refractivity (Wildman–Crippen MR) is 127 cm³/mol. The van der Waals surface area contributed by atoms with Gasteiger partial charge in [0.15, 0.2) is 0 Å². The topological polar surface area (TPSA) is 107 Å². The quantitative estimate of drug-likeness (QED) is 0.320. The van der Waals surface area contributed by atoms with Crippen molar-refractivity contribution in [3.63, 3.8) is 0 Å². The van der Waals surface area contributed by atoms with Gasteiger partial charge < -0.3 is 24.3 Å². The first-order chi connectivity index (χ1) is 17.0. The van der Waals surface area contributed by atoms with Crippen molar-refractivity contribution in [2.45, 2.75) is 57.2 Å². The largest absolute Gasteiger partial charge is 0.462 e. The zero-order valence-electron chi connectivity index (χ0n) is 20.0. The summed E-state index contributed by atoms with van der Waals surface area (Å²) in [6.07, 6.45) is 5.97. The number of amides is 1. The number of esters is 2. The summed E-state index contributed by atoms with van der Waals surface area (Å²) in [4.78, 5) is 38.8. The van der Waals surface area contributed by atoms with Gasteiger partial charge >= 0.3 is 11.9 Å². The van der Waals surface area contributed by atoms with E-state index in [1.165, 1.54) is 6.07 Å². The molecule has 5 rings (SSSR count). The van der Waals surface area contributed by atoms with Crippen molar-refractivity contribution in [2.24, 2.45) is 11.8 Å². The summed E-state index contributed by atoms with van der Waals surface area (Å²) >= 11 is 0. The van der Waals surface area contributed by atoms with Crippen molar-refractivity contribution >= 4 is 23.4 Å². The Labute approximate surface area is 205 Å². The second kappa shape index (κ2) is 10.5. The Bertz CT molecular complexity index is 1000. The molecule has 4 aliphatic rings. The van der Waals surface area contributed by atoms with Gasteiger partial charge in [0.05, 0.1) is 43.5 Å². The molecule has 8 heteroatoms. The lowest BCUT2D eigenvalue weighted by atomic mass is 9.90. The highest BCUT2D eigenvalue weighted by atomic mass is 16.6. The van der Waals surface area contributed by atoms with Crippen molar-refractivity contribution in [2.75, 3.05) is 33.0 Å². The Morgan fingerprint density at radius 2 is 1.54 bits per heavy atom. The third kappa shape index (κ3) is 7.15. The van der Waals surface area contributed by atoms with E-state index in [1.807, 2.05) is 0 Å². The van der Waals surface area contributed by atoms with Gasteiger partial charge in [0.2, 0.25) is 5.91 Å². The number of ether oxygens (including phenoxy) is 4. The van der Waals surface area contributed by atoms with E-state index in [4.69, 9.17) is 18.9 Å².